The summed E-state index contributed by atoms with van der Waals surface area (Å²) in [5.41, 5.74) is 6.36. The van der Waals surface area contributed by atoms with Crippen LogP contribution in [0.15, 0.2) is 6.20 Å². The van der Waals surface area contributed by atoms with Crippen LogP contribution in [-0.2, 0) is 7.05 Å². The van der Waals surface area contributed by atoms with Crippen molar-refractivity contribution in [2.75, 3.05) is 38.5 Å². The number of nitrogen functional groups attached to an aromatic ring is 1. The molecule has 1 aromatic heterocycles. The van der Waals surface area contributed by atoms with Crippen LogP contribution in [0.3, 0.4) is 0 Å². The minimum Gasteiger partial charge on any atom is -0.383 e. The average Bonchev–Trinajstić information content (AvgIpc) is 2.69. The molecule has 2 heterocycles. The van der Waals surface area contributed by atoms with Crippen LogP contribution in [-0.4, -0.2) is 58.2 Å². The number of hydrogen-bond acceptors (Lipinski definition) is 4. The highest BCUT2D eigenvalue weighted by atomic mass is 16.2. The molecule has 0 radical (unpaired) electrons. The molecule has 0 unspecified atom stereocenters. The molecule has 0 saturated carbocycles. The third-order valence-corrected chi connectivity index (χ3v) is 3.50. The molecule has 1 aliphatic heterocycles. The lowest BCUT2D eigenvalue weighted by Crippen LogP contribution is -2.49. The molecular formula is C13H23N5O. The molecule has 19 heavy (non-hydrogen) atoms. The SMILES string of the molecule is CC(C)CN1CCN(C(=O)c2cnn(C)c2N)CC1. The lowest BCUT2D eigenvalue weighted by molar-refractivity contribution is 0.0625. The smallest absolute Gasteiger partial charge is 0.259 e. The Bertz CT molecular complexity index is 446. The first-order valence-electron chi connectivity index (χ1n) is 6.78. The van der Waals surface area contributed by atoms with E-state index in [2.05, 4.69) is 23.8 Å². The molecule has 0 aliphatic carbocycles. The van der Waals surface area contributed by atoms with Gasteiger partial charge >= 0.3 is 0 Å². The Labute approximate surface area is 114 Å². The van der Waals surface area contributed by atoms with Crippen molar-refractivity contribution in [3.8, 4) is 0 Å². The third-order valence-electron chi connectivity index (χ3n) is 3.50. The van der Waals surface area contributed by atoms with Crippen LogP contribution >= 0.6 is 0 Å². The minimum atomic E-state index is -0.00482. The van der Waals surface area contributed by atoms with Gasteiger partial charge in [-0.05, 0) is 5.92 Å². The van der Waals surface area contributed by atoms with Gasteiger partial charge < -0.3 is 10.6 Å². The van der Waals surface area contributed by atoms with Crippen molar-refractivity contribution >= 4 is 11.7 Å². The number of carbonyl (C=O) groups is 1. The fourth-order valence-corrected chi connectivity index (χ4v) is 2.43. The van der Waals surface area contributed by atoms with E-state index in [0.29, 0.717) is 17.3 Å². The molecule has 0 spiro atoms. The maximum atomic E-state index is 12.3. The van der Waals surface area contributed by atoms with Gasteiger partial charge in [0.25, 0.3) is 5.91 Å². The Morgan fingerprint density at radius 1 is 1.37 bits per heavy atom. The van der Waals surface area contributed by atoms with Gasteiger partial charge in [-0.2, -0.15) is 5.10 Å². The maximum absolute atomic E-state index is 12.3. The summed E-state index contributed by atoms with van der Waals surface area (Å²) in [6.07, 6.45) is 1.55. The largest absolute Gasteiger partial charge is 0.383 e. The van der Waals surface area contributed by atoms with Crippen molar-refractivity contribution in [3.63, 3.8) is 0 Å². The topological polar surface area (TPSA) is 67.4 Å². The number of hydrogen-bond donors (Lipinski definition) is 1. The summed E-state index contributed by atoms with van der Waals surface area (Å²) in [6.45, 7) is 8.92. The van der Waals surface area contributed by atoms with E-state index in [1.807, 2.05) is 4.90 Å². The molecular weight excluding hydrogens is 242 g/mol. The molecule has 6 heteroatoms. The fourth-order valence-electron chi connectivity index (χ4n) is 2.43. The highest BCUT2D eigenvalue weighted by Crippen LogP contribution is 2.14. The van der Waals surface area contributed by atoms with Crippen LogP contribution in [0.5, 0.6) is 0 Å². The second-order valence-electron chi connectivity index (χ2n) is 5.55. The Morgan fingerprint density at radius 2 is 2.00 bits per heavy atom. The summed E-state index contributed by atoms with van der Waals surface area (Å²) in [5, 5.41) is 4.02. The summed E-state index contributed by atoms with van der Waals surface area (Å²) >= 11 is 0. The number of piperazine rings is 1. The van der Waals surface area contributed by atoms with Crippen LogP contribution in [0.25, 0.3) is 0 Å². The highest BCUT2D eigenvalue weighted by Gasteiger charge is 2.24. The van der Waals surface area contributed by atoms with E-state index in [1.165, 1.54) is 4.68 Å². The van der Waals surface area contributed by atoms with Crippen LogP contribution in [0.4, 0.5) is 5.82 Å². The summed E-state index contributed by atoms with van der Waals surface area (Å²) in [5.74, 6) is 1.10. The minimum absolute atomic E-state index is 0.00482. The zero-order valence-electron chi connectivity index (χ0n) is 12.0. The predicted octanol–water partition coefficient (Wildman–Crippen LogP) is 0.416. The van der Waals surface area contributed by atoms with Crippen molar-refractivity contribution in [1.82, 2.24) is 19.6 Å². The average molecular weight is 265 g/mol. The molecule has 1 saturated heterocycles. The zero-order chi connectivity index (χ0) is 14.0. The molecule has 2 N–H and O–H groups in total. The van der Waals surface area contributed by atoms with Gasteiger partial charge in [-0.15, -0.1) is 0 Å². The van der Waals surface area contributed by atoms with Gasteiger partial charge in [-0.1, -0.05) is 13.8 Å². The molecule has 1 aromatic rings. The number of rotatable bonds is 3. The Balaban J connectivity index is 1.94. The lowest BCUT2D eigenvalue weighted by Gasteiger charge is -2.35. The first-order chi connectivity index (χ1) is 8.99. The van der Waals surface area contributed by atoms with Crippen molar-refractivity contribution in [1.29, 1.82) is 0 Å². The Hall–Kier alpha value is -1.56. The van der Waals surface area contributed by atoms with Crippen molar-refractivity contribution in [3.05, 3.63) is 11.8 Å². The number of aryl methyl sites for hydroxylation is 1. The molecule has 1 amide bonds. The summed E-state index contributed by atoms with van der Waals surface area (Å²) in [6, 6.07) is 0. The number of aromatic nitrogens is 2. The van der Waals surface area contributed by atoms with Gasteiger partial charge in [0.05, 0.1) is 6.20 Å². The molecule has 1 aliphatic rings. The Kier molecular flexibility index (Phi) is 4.09. The van der Waals surface area contributed by atoms with E-state index in [9.17, 15) is 4.79 Å². The van der Waals surface area contributed by atoms with Crippen LogP contribution < -0.4 is 5.73 Å². The molecule has 6 nitrogen and oxygen atoms in total. The first kappa shape index (κ1) is 13.9. The standard InChI is InChI=1S/C13H23N5O/c1-10(2)9-17-4-6-18(7-5-17)13(19)11-8-15-16(3)12(11)14/h8,10H,4-7,9,14H2,1-3H3. The zero-order valence-corrected chi connectivity index (χ0v) is 12.0. The van der Waals surface area contributed by atoms with Crippen molar-refractivity contribution in [2.24, 2.45) is 13.0 Å². The number of amides is 1. The number of nitrogens with two attached hydrogens (primary N) is 1. The third kappa shape index (κ3) is 3.07. The quantitative estimate of drug-likeness (QED) is 0.860. The normalized spacial score (nSPS) is 17.2. The number of anilines is 1. The first-order valence-corrected chi connectivity index (χ1v) is 6.78. The Morgan fingerprint density at radius 3 is 2.47 bits per heavy atom. The van der Waals surface area contributed by atoms with Crippen LogP contribution in [0.2, 0.25) is 0 Å². The second kappa shape index (κ2) is 5.61. The number of nitrogens with zero attached hydrogens (tertiary/aromatic N) is 4. The molecule has 0 bridgehead atoms. The van der Waals surface area contributed by atoms with Gasteiger partial charge in [0.1, 0.15) is 11.4 Å². The van der Waals surface area contributed by atoms with Crippen molar-refractivity contribution in [2.45, 2.75) is 13.8 Å². The number of carbonyl (C=O) groups excluding carboxylic acids is 1. The summed E-state index contributed by atoms with van der Waals surface area (Å²) in [7, 11) is 1.74. The molecule has 106 valence electrons. The van der Waals surface area contributed by atoms with E-state index < -0.39 is 0 Å². The predicted molar refractivity (Wildman–Crippen MR) is 74.8 cm³/mol. The van der Waals surface area contributed by atoms with E-state index >= 15 is 0 Å². The van der Waals surface area contributed by atoms with Gasteiger partial charge in [-0.25, -0.2) is 0 Å². The molecule has 0 aromatic carbocycles. The summed E-state index contributed by atoms with van der Waals surface area (Å²) < 4.78 is 1.53. The van der Waals surface area contributed by atoms with Crippen LogP contribution in [0.1, 0.15) is 24.2 Å². The van der Waals surface area contributed by atoms with E-state index in [0.717, 1.165) is 32.7 Å². The van der Waals surface area contributed by atoms with Gasteiger partial charge in [0.2, 0.25) is 0 Å². The van der Waals surface area contributed by atoms with Crippen molar-refractivity contribution < 1.29 is 4.79 Å². The van der Waals surface area contributed by atoms with E-state index in [1.54, 1.807) is 13.2 Å². The fraction of sp³-hybridized carbons (Fsp3) is 0.692. The van der Waals surface area contributed by atoms with Crippen LogP contribution in [0, 0.1) is 5.92 Å². The highest BCUT2D eigenvalue weighted by molar-refractivity contribution is 5.98. The van der Waals surface area contributed by atoms with E-state index in [4.69, 9.17) is 5.73 Å². The maximum Gasteiger partial charge on any atom is 0.259 e. The second-order valence-corrected chi connectivity index (χ2v) is 5.55. The summed E-state index contributed by atoms with van der Waals surface area (Å²) in [4.78, 5) is 16.6. The molecule has 1 fully saturated rings. The van der Waals surface area contributed by atoms with Gasteiger partial charge in [0, 0.05) is 39.8 Å². The van der Waals surface area contributed by atoms with E-state index in [-0.39, 0.29) is 5.91 Å². The lowest BCUT2D eigenvalue weighted by atomic mass is 10.2. The van der Waals surface area contributed by atoms with Gasteiger partial charge in [0.15, 0.2) is 0 Å². The molecule has 0 atom stereocenters. The molecule has 2 rings (SSSR count). The van der Waals surface area contributed by atoms with Gasteiger partial charge in [-0.3, -0.25) is 14.4 Å². The monoisotopic (exact) mass is 265 g/mol.